The first kappa shape index (κ1) is 29.3. The first-order chi connectivity index (χ1) is 25.1. The Labute approximate surface area is 296 Å². The lowest BCUT2D eigenvalue weighted by atomic mass is 9.74. The molecule has 0 radical (unpaired) electrons. The molecule has 0 unspecified atom stereocenters. The maximum atomic E-state index is 6.15. The Morgan fingerprint density at radius 3 is 1.73 bits per heavy atom. The van der Waals surface area contributed by atoms with Gasteiger partial charge in [-0.3, -0.25) is 0 Å². The molecule has 2 aromatic heterocycles. The van der Waals surface area contributed by atoms with Crippen LogP contribution >= 0.6 is 0 Å². The third kappa shape index (κ3) is 4.66. The molecule has 7 aromatic carbocycles. The number of para-hydroxylation sites is 1. The lowest BCUT2D eigenvalue weighted by molar-refractivity contribution is 0.669. The molecular weight excluding hydrogens is 621 g/mol. The van der Waals surface area contributed by atoms with E-state index in [0.717, 1.165) is 61.1 Å². The summed E-state index contributed by atoms with van der Waals surface area (Å²) in [6, 6.07) is 62.2. The van der Waals surface area contributed by atoms with Crippen LogP contribution in [0.15, 0.2) is 180 Å². The lowest BCUT2D eigenvalue weighted by Crippen LogP contribution is -2.22. The van der Waals surface area contributed by atoms with Crippen LogP contribution in [-0.4, -0.2) is 9.97 Å². The molecule has 1 aliphatic carbocycles. The largest absolute Gasteiger partial charge is 0.456 e. The highest BCUT2D eigenvalue weighted by atomic mass is 16.3. The van der Waals surface area contributed by atoms with Crippen LogP contribution in [0.1, 0.15) is 23.6 Å². The first-order valence-corrected chi connectivity index (χ1v) is 17.4. The fourth-order valence-corrected chi connectivity index (χ4v) is 8.04. The van der Waals surface area contributed by atoms with E-state index in [1.807, 2.05) is 30.3 Å². The van der Waals surface area contributed by atoms with Gasteiger partial charge in [0, 0.05) is 32.9 Å². The summed E-state index contributed by atoms with van der Waals surface area (Å²) < 4.78 is 6.15. The van der Waals surface area contributed by atoms with E-state index in [1.54, 1.807) is 0 Å². The molecule has 51 heavy (non-hydrogen) atoms. The van der Waals surface area contributed by atoms with Crippen LogP contribution in [-0.2, 0) is 5.41 Å². The number of nitrogens with zero attached hydrogens (tertiary/aromatic N) is 2. The highest BCUT2D eigenvalue weighted by Crippen LogP contribution is 2.52. The summed E-state index contributed by atoms with van der Waals surface area (Å²) in [5.41, 5.74) is 15.1. The molecular formula is C48H32N2O. The minimum Gasteiger partial charge on any atom is -0.456 e. The van der Waals surface area contributed by atoms with Crippen molar-refractivity contribution in [3.63, 3.8) is 0 Å². The van der Waals surface area contributed by atoms with Gasteiger partial charge in [-0.2, -0.15) is 0 Å². The Morgan fingerprint density at radius 1 is 0.412 bits per heavy atom. The van der Waals surface area contributed by atoms with E-state index in [9.17, 15) is 0 Å². The Kier molecular flexibility index (Phi) is 6.62. The third-order valence-electron chi connectivity index (χ3n) is 10.6. The van der Waals surface area contributed by atoms with Crippen molar-refractivity contribution in [3.8, 4) is 56.2 Å². The molecule has 0 spiro atoms. The van der Waals surface area contributed by atoms with Gasteiger partial charge in [0.05, 0.1) is 11.4 Å². The molecule has 240 valence electrons. The van der Waals surface area contributed by atoms with Crippen LogP contribution in [0, 0.1) is 0 Å². The molecule has 0 aliphatic heterocycles. The van der Waals surface area contributed by atoms with Crippen LogP contribution in [0.3, 0.4) is 0 Å². The molecule has 0 N–H and O–H groups in total. The molecule has 10 rings (SSSR count). The van der Waals surface area contributed by atoms with Crippen LogP contribution < -0.4 is 0 Å². The van der Waals surface area contributed by atoms with Crippen LogP contribution in [0.25, 0.3) is 78.1 Å². The fraction of sp³-hybridized carbons (Fsp3) is 0.0417. The van der Waals surface area contributed by atoms with Gasteiger partial charge in [-0.25, -0.2) is 9.97 Å². The normalized spacial score (nSPS) is 13.0. The van der Waals surface area contributed by atoms with Gasteiger partial charge >= 0.3 is 0 Å². The van der Waals surface area contributed by atoms with E-state index in [2.05, 4.69) is 153 Å². The summed E-state index contributed by atoms with van der Waals surface area (Å²) in [6.45, 7) is 2.35. The topological polar surface area (TPSA) is 38.9 Å². The molecule has 0 atom stereocenters. The second kappa shape index (κ2) is 11.5. The van der Waals surface area contributed by atoms with Crippen molar-refractivity contribution >= 4 is 21.9 Å². The van der Waals surface area contributed by atoms with Gasteiger partial charge in [0.2, 0.25) is 0 Å². The predicted molar refractivity (Wildman–Crippen MR) is 208 cm³/mol. The summed E-state index contributed by atoms with van der Waals surface area (Å²) in [5.74, 6) is 0.698. The number of benzene rings is 7. The average Bonchev–Trinajstić information content (AvgIpc) is 3.71. The maximum Gasteiger partial charge on any atom is 0.160 e. The molecule has 0 bridgehead atoms. The SMILES string of the molecule is CC1(c2ccc(-c3cc(-c4ccccc4-c4ccc5oc6ccccc6c5c4)nc(-c4ccccc4)n3)cc2)c2ccccc2-c2ccccc21. The standard InChI is InChI=1S/C48H32N2O/c1-48(41-20-10-7-16-36(41)37-17-8-11-21-42(37)48)34-26-23-31(24-27-34)43-30-44(50-47(49-43)32-13-3-2-4-14-32)38-18-6-5-15-35(38)33-25-28-46-40(29-33)39-19-9-12-22-45(39)51-46/h2-30H,1H3. The van der Waals surface area contributed by atoms with Crippen LogP contribution in [0.4, 0.5) is 0 Å². The van der Waals surface area contributed by atoms with Crippen molar-refractivity contribution < 1.29 is 4.42 Å². The van der Waals surface area contributed by atoms with Crippen molar-refractivity contribution in [1.29, 1.82) is 0 Å². The minimum absolute atomic E-state index is 0.252. The smallest absolute Gasteiger partial charge is 0.160 e. The van der Waals surface area contributed by atoms with Crippen molar-refractivity contribution in [1.82, 2.24) is 9.97 Å². The fourth-order valence-electron chi connectivity index (χ4n) is 8.04. The van der Waals surface area contributed by atoms with E-state index in [0.29, 0.717) is 5.82 Å². The van der Waals surface area contributed by atoms with E-state index >= 15 is 0 Å². The zero-order valence-corrected chi connectivity index (χ0v) is 28.0. The van der Waals surface area contributed by atoms with Crippen LogP contribution in [0.2, 0.25) is 0 Å². The predicted octanol–water partition coefficient (Wildman–Crippen LogP) is 12.4. The molecule has 0 saturated heterocycles. The second-order valence-corrected chi connectivity index (χ2v) is 13.5. The van der Waals surface area contributed by atoms with E-state index in [1.165, 1.54) is 27.8 Å². The molecule has 3 nitrogen and oxygen atoms in total. The van der Waals surface area contributed by atoms with E-state index in [-0.39, 0.29) is 5.41 Å². The van der Waals surface area contributed by atoms with Gasteiger partial charge in [0.1, 0.15) is 11.2 Å². The molecule has 2 heterocycles. The second-order valence-electron chi connectivity index (χ2n) is 13.5. The number of aromatic nitrogens is 2. The van der Waals surface area contributed by atoms with Crippen molar-refractivity contribution in [2.45, 2.75) is 12.3 Å². The van der Waals surface area contributed by atoms with Crippen molar-refractivity contribution in [2.75, 3.05) is 0 Å². The highest BCUT2D eigenvalue weighted by Gasteiger charge is 2.40. The monoisotopic (exact) mass is 652 g/mol. The third-order valence-corrected chi connectivity index (χ3v) is 10.6. The Balaban J connectivity index is 1.11. The summed E-state index contributed by atoms with van der Waals surface area (Å²) in [4.78, 5) is 10.4. The zero-order chi connectivity index (χ0) is 33.9. The number of hydrogen-bond donors (Lipinski definition) is 0. The zero-order valence-electron chi connectivity index (χ0n) is 28.0. The van der Waals surface area contributed by atoms with Gasteiger partial charge in [-0.05, 0) is 70.1 Å². The molecule has 9 aromatic rings. The highest BCUT2D eigenvalue weighted by molar-refractivity contribution is 6.06. The van der Waals surface area contributed by atoms with E-state index in [4.69, 9.17) is 14.4 Å². The van der Waals surface area contributed by atoms with Gasteiger partial charge in [-0.15, -0.1) is 0 Å². The quantitative estimate of drug-likeness (QED) is 0.186. The van der Waals surface area contributed by atoms with Gasteiger partial charge in [0.25, 0.3) is 0 Å². The van der Waals surface area contributed by atoms with Gasteiger partial charge < -0.3 is 4.42 Å². The molecule has 0 amide bonds. The number of rotatable bonds is 5. The van der Waals surface area contributed by atoms with Gasteiger partial charge in [-0.1, -0.05) is 152 Å². The summed E-state index contributed by atoms with van der Waals surface area (Å²) in [6.07, 6.45) is 0. The number of hydrogen-bond acceptors (Lipinski definition) is 3. The number of fused-ring (bicyclic) bond motifs is 6. The lowest BCUT2D eigenvalue weighted by Gasteiger charge is -2.28. The first-order valence-electron chi connectivity index (χ1n) is 17.4. The van der Waals surface area contributed by atoms with E-state index < -0.39 is 0 Å². The van der Waals surface area contributed by atoms with Gasteiger partial charge in [0.15, 0.2) is 5.82 Å². The molecule has 0 saturated carbocycles. The summed E-state index contributed by atoms with van der Waals surface area (Å²) in [5, 5.41) is 2.22. The molecule has 3 heteroatoms. The minimum atomic E-state index is -0.252. The summed E-state index contributed by atoms with van der Waals surface area (Å²) >= 11 is 0. The Bertz CT molecular complexity index is 2710. The summed E-state index contributed by atoms with van der Waals surface area (Å²) in [7, 11) is 0. The van der Waals surface area contributed by atoms with Crippen LogP contribution in [0.5, 0.6) is 0 Å². The Hall–Kier alpha value is -6.58. The van der Waals surface area contributed by atoms with Crippen molar-refractivity contribution in [3.05, 3.63) is 193 Å². The Morgan fingerprint density at radius 2 is 0.980 bits per heavy atom. The molecule has 0 fully saturated rings. The van der Waals surface area contributed by atoms with Crippen molar-refractivity contribution in [2.24, 2.45) is 0 Å². The maximum absolute atomic E-state index is 6.15. The average molecular weight is 653 g/mol. The molecule has 1 aliphatic rings. The number of furan rings is 1.